The van der Waals surface area contributed by atoms with Crippen LogP contribution < -0.4 is 0 Å². The summed E-state index contributed by atoms with van der Waals surface area (Å²) in [6, 6.07) is 6.30. The van der Waals surface area contributed by atoms with Crippen LogP contribution in [-0.2, 0) is 9.53 Å². The zero-order chi connectivity index (χ0) is 14.4. The third kappa shape index (κ3) is 4.70. The van der Waals surface area contributed by atoms with E-state index in [1.807, 2.05) is 0 Å². The van der Waals surface area contributed by atoms with Crippen molar-refractivity contribution in [3.63, 3.8) is 0 Å². The molecule has 0 aliphatic heterocycles. The fourth-order valence-electron chi connectivity index (χ4n) is 2.05. The minimum atomic E-state index is -0.136. The molecule has 2 nitrogen and oxygen atoms in total. The molecule has 1 unspecified atom stereocenters. The molecule has 0 saturated carbocycles. The Kier molecular flexibility index (Phi) is 6.07. The molecule has 0 fully saturated rings. The van der Waals surface area contributed by atoms with E-state index < -0.39 is 0 Å². The van der Waals surface area contributed by atoms with Crippen molar-refractivity contribution < 1.29 is 9.53 Å². The molecular weight excluding hydrogens is 236 g/mol. The Morgan fingerprint density at radius 1 is 1.21 bits per heavy atom. The molecular formula is C17H26O2. The highest BCUT2D eigenvalue weighted by atomic mass is 16.5. The lowest BCUT2D eigenvalue weighted by atomic mass is 9.96. The van der Waals surface area contributed by atoms with Crippen molar-refractivity contribution in [3.8, 4) is 0 Å². The van der Waals surface area contributed by atoms with Gasteiger partial charge in [0.25, 0.3) is 0 Å². The van der Waals surface area contributed by atoms with Gasteiger partial charge >= 0.3 is 5.97 Å². The predicted molar refractivity (Wildman–Crippen MR) is 79.1 cm³/mol. The van der Waals surface area contributed by atoms with Gasteiger partial charge in [0.05, 0.1) is 0 Å². The van der Waals surface area contributed by atoms with Crippen molar-refractivity contribution in [3.05, 3.63) is 34.9 Å². The van der Waals surface area contributed by atoms with Crippen LogP contribution in [0.3, 0.4) is 0 Å². The molecule has 0 saturated heterocycles. The van der Waals surface area contributed by atoms with E-state index in [1.54, 1.807) is 0 Å². The summed E-state index contributed by atoms with van der Waals surface area (Å²) < 4.78 is 5.66. The van der Waals surface area contributed by atoms with Gasteiger partial charge in [-0.15, -0.1) is 0 Å². The van der Waals surface area contributed by atoms with Gasteiger partial charge in [-0.2, -0.15) is 0 Å². The highest BCUT2D eigenvalue weighted by molar-refractivity contribution is 5.69. The van der Waals surface area contributed by atoms with Crippen LogP contribution >= 0.6 is 0 Å². The molecule has 1 rings (SSSR count). The summed E-state index contributed by atoms with van der Waals surface area (Å²) in [6.45, 7) is 10.4. The fraction of sp³-hybridized carbons (Fsp3) is 0.588. The lowest BCUT2D eigenvalue weighted by Gasteiger charge is -2.22. The van der Waals surface area contributed by atoms with E-state index in [2.05, 4.69) is 52.8 Å². The maximum absolute atomic E-state index is 11.8. The molecule has 0 radical (unpaired) electrons. The summed E-state index contributed by atoms with van der Waals surface area (Å²) in [5, 5.41) is 0. The molecule has 19 heavy (non-hydrogen) atoms. The second-order valence-electron chi connectivity index (χ2n) is 5.60. The Hall–Kier alpha value is -1.31. The van der Waals surface area contributed by atoms with E-state index in [9.17, 15) is 4.79 Å². The zero-order valence-electron chi connectivity index (χ0n) is 12.8. The summed E-state index contributed by atoms with van der Waals surface area (Å²) in [5.74, 6) is 0.200. The van der Waals surface area contributed by atoms with E-state index in [1.165, 1.54) is 11.1 Å². The van der Waals surface area contributed by atoms with Gasteiger partial charge in [-0.3, -0.25) is 4.79 Å². The van der Waals surface area contributed by atoms with E-state index in [-0.39, 0.29) is 18.0 Å². The van der Waals surface area contributed by atoms with Gasteiger partial charge in [-0.1, -0.05) is 45.4 Å². The molecule has 0 spiro atoms. The molecule has 0 bridgehead atoms. The second-order valence-corrected chi connectivity index (χ2v) is 5.60. The molecule has 0 aliphatic rings. The number of carbonyl (C=O) groups excluding carboxylic acids is 1. The van der Waals surface area contributed by atoms with Crippen molar-refractivity contribution in [2.75, 3.05) is 0 Å². The van der Waals surface area contributed by atoms with Gasteiger partial charge < -0.3 is 4.74 Å². The van der Waals surface area contributed by atoms with Gasteiger partial charge in [0, 0.05) is 6.42 Å². The van der Waals surface area contributed by atoms with Crippen LogP contribution in [0.4, 0.5) is 0 Å². The van der Waals surface area contributed by atoms with Crippen LogP contribution in [0.5, 0.6) is 0 Å². The predicted octanol–water partition coefficient (Wildman–Crippen LogP) is 4.73. The summed E-state index contributed by atoms with van der Waals surface area (Å²) in [6.07, 6.45) is 2.30. The Morgan fingerprint density at radius 3 is 2.42 bits per heavy atom. The second kappa shape index (κ2) is 7.32. The average Bonchev–Trinajstić information content (AvgIpc) is 2.36. The van der Waals surface area contributed by atoms with Crippen molar-refractivity contribution in [1.29, 1.82) is 0 Å². The Morgan fingerprint density at radius 2 is 1.89 bits per heavy atom. The van der Waals surface area contributed by atoms with Crippen molar-refractivity contribution >= 4 is 5.97 Å². The molecule has 0 N–H and O–H groups in total. The largest absolute Gasteiger partial charge is 0.457 e. The number of ether oxygens (including phenoxy) is 1. The molecule has 1 atom stereocenters. The summed E-state index contributed by atoms with van der Waals surface area (Å²) in [7, 11) is 0. The van der Waals surface area contributed by atoms with E-state index in [0.717, 1.165) is 18.4 Å². The van der Waals surface area contributed by atoms with Gasteiger partial charge in [-0.25, -0.2) is 0 Å². The molecule has 106 valence electrons. The first-order chi connectivity index (χ1) is 8.95. The third-order valence-electron chi connectivity index (χ3n) is 3.46. The maximum Gasteiger partial charge on any atom is 0.306 e. The zero-order valence-corrected chi connectivity index (χ0v) is 12.8. The lowest BCUT2D eigenvalue weighted by Crippen LogP contribution is -2.16. The standard InChI is InChI=1S/C17H26O2/c1-6-7-8-16(18)19-17(12(2)3)15-10-9-13(4)14(5)11-15/h9-12,17H,6-8H2,1-5H3. The number of hydrogen-bond donors (Lipinski definition) is 0. The first-order valence-corrected chi connectivity index (χ1v) is 7.22. The molecule has 0 heterocycles. The van der Waals surface area contributed by atoms with Crippen LogP contribution in [0.1, 0.15) is 62.8 Å². The van der Waals surface area contributed by atoms with Crippen LogP contribution in [0.15, 0.2) is 18.2 Å². The molecule has 1 aromatic rings. The van der Waals surface area contributed by atoms with Gasteiger partial charge in [0.1, 0.15) is 6.10 Å². The number of rotatable bonds is 6. The van der Waals surface area contributed by atoms with Gasteiger partial charge in [0.2, 0.25) is 0 Å². The number of unbranched alkanes of at least 4 members (excludes halogenated alkanes) is 1. The number of esters is 1. The quantitative estimate of drug-likeness (QED) is 0.692. The van der Waals surface area contributed by atoms with Crippen LogP contribution in [-0.4, -0.2) is 5.97 Å². The highest BCUT2D eigenvalue weighted by Gasteiger charge is 2.20. The normalized spacial score (nSPS) is 12.5. The minimum absolute atomic E-state index is 0.0845. The van der Waals surface area contributed by atoms with Crippen molar-refractivity contribution in [1.82, 2.24) is 0 Å². The SMILES string of the molecule is CCCCC(=O)OC(c1ccc(C)c(C)c1)C(C)C. The molecule has 0 aromatic heterocycles. The van der Waals surface area contributed by atoms with Gasteiger partial charge in [0.15, 0.2) is 0 Å². The van der Waals surface area contributed by atoms with Crippen molar-refractivity contribution in [2.24, 2.45) is 5.92 Å². The average molecular weight is 262 g/mol. The van der Waals surface area contributed by atoms with E-state index in [4.69, 9.17) is 4.74 Å². The monoisotopic (exact) mass is 262 g/mol. The maximum atomic E-state index is 11.8. The van der Waals surface area contributed by atoms with E-state index >= 15 is 0 Å². The number of hydrogen-bond acceptors (Lipinski definition) is 2. The lowest BCUT2D eigenvalue weighted by molar-refractivity contribution is -0.152. The number of aryl methyl sites for hydroxylation is 2. The minimum Gasteiger partial charge on any atom is -0.457 e. The van der Waals surface area contributed by atoms with Crippen LogP contribution in [0, 0.1) is 19.8 Å². The van der Waals surface area contributed by atoms with Crippen LogP contribution in [0.25, 0.3) is 0 Å². The molecule has 1 aromatic carbocycles. The number of carbonyl (C=O) groups is 1. The van der Waals surface area contributed by atoms with Gasteiger partial charge in [-0.05, 0) is 42.9 Å². The summed E-state index contributed by atoms with van der Waals surface area (Å²) in [4.78, 5) is 11.8. The van der Waals surface area contributed by atoms with Crippen LogP contribution in [0.2, 0.25) is 0 Å². The smallest absolute Gasteiger partial charge is 0.306 e. The third-order valence-corrected chi connectivity index (χ3v) is 3.46. The topological polar surface area (TPSA) is 26.3 Å². The summed E-state index contributed by atoms with van der Waals surface area (Å²) in [5.41, 5.74) is 3.61. The summed E-state index contributed by atoms with van der Waals surface area (Å²) >= 11 is 0. The fourth-order valence-corrected chi connectivity index (χ4v) is 2.05. The van der Waals surface area contributed by atoms with E-state index in [0.29, 0.717) is 6.42 Å². The molecule has 0 aliphatic carbocycles. The molecule has 0 amide bonds. The number of benzene rings is 1. The Bertz CT molecular complexity index is 421. The first-order valence-electron chi connectivity index (χ1n) is 7.22. The van der Waals surface area contributed by atoms with Crippen molar-refractivity contribution in [2.45, 2.75) is 60.0 Å². The molecule has 2 heteroatoms. The Balaban J connectivity index is 2.82. The Labute approximate surface area is 117 Å². The first kappa shape index (κ1) is 15.7. The highest BCUT2D eigenvalue weighted by Crippen LogP contribution is 2.28.